The van der Waals surface area contributed by atoms with Crippen LogP contribution in [0.25, 0.3) is 11.1 Å². The van der Waals surface area contributed by atoms with Crippen LogP contribution in [0.15, 0.2) is 42.5 Å². The standard InChI is InChI=1S/C30H40ClF/c1-2-3-22-6-13-26(14-7-22)27-15-8-23(9-16-27)4-5-24-12-19-29(30(32)20-24)28-17-10-25(21-31)11-18-28/h10-12,17-20,22-23,26-27H,2-9,13-16,21H2,1H3/t22-,23-,26-,27-. The van der Waals surface area contributed by atoms with E-state index < -0.39 is 0 Å². The summed E-state index contributed by atoms with van der Waals surface area (Å²) in [6, 6.07) is 13.7. The molecule has 2 fully saturated rings. The highest BCUT2D eigenvalue weighted by Gasteiger charge is 2.30. The van der Waals surface area contributed by atoms with Crippen LogP contribution in [0.4, 0.5) is 4.39 Å². The fourth-order valence-corrected chi connectivity index (χ4v) is 6.58. The monoisotopic (exact) mass is 454 g/mol. The zero-order chi connectivity index (χ0) is 22.3. The van der Waals surface area contributed by atoms with Gasteiger partial charge in [-0.05, 0) is 85.0 Å². The largest absolute Gasteiger partial charge is 0.206 e. The minimum atomic E-state index is -0.108. The van der Waals surface area contributed by atoms with Crippen LogP contribution in [0.1, 0.15) is 88.7 Å². The number of hydrogen-bond acceptors (Lipinski definition) is 0. The van der Waals surface area contributed by atoms with Crippen molar-refractivity contribution in [3.8, 4) is 11.1 Å². The lowest BCUT2D eigenvalue weighted by Crippen LogP contribution is -2.26. The minimum absolute atomic E-state index is 0.108. The van der Waals surface area contributed by atoms with Gasteiger partial charge in [0.15, 0.2) is 0 Å². The summed E-state index contributed by atoms with van der Waals surface area (Å²) in [5.41, 5.74) is 3.81. The van der Waals surface area contributed by atoms with E-state index in [9.17, 15) is 4.39 Å². The summed E-state index contributed by atoms with van der Waals surface area (Å²) in [7, 11) is 0. The van der Waals surface area contributed by atoms with Crippen LogP contribution < -0.4 is 0 Å². The first-order valence-electron chi connectivity index (χ1n) is 13.1. The minimum Gasteiger partial charge on any atom is -0.206 e. The highest BCUT2D eigenvalue weighted by Crippen LogP contribution is 2.43. The van der Waals surface area contributed by atoms with Gasteiger partial charge in [0, 0.05) is 11.4 Å². The molecule has 0 heterocycles. The zero-order valence-corrected chi connectivity index (χ0v) is 20.6. The Bertz CT molecular complexity index is 826. The SMILES string of the molecule is CCC[C@H]1CC[C@H]([C@H]2CC[C@H](CCc3ccc(-c4ccc(CCl)cc4)c(F)c3)CC2)CC1. The van der Waals surface area contributed by atoms with E-state index in [1.54, 1.807) is 6.07 Å². The molecule has 0 amide bonds. The van der Waals surface area contributed by atoms with Gasteiger partial charge in [-0.2, -0.15) is 0 Å². The fourth-order valence-electron chi connectivity index (χ4n) is 6.40. The van der Waals surface area contributed by atoms with Gasteiger partial charge in [0.05, 0.1) is 0 Å². The van der Waals surface area contributed by atoms with E-state index in [4.69, 9.17) is 11.6 Å². The summed E-state index contributed by atoms with van der Waals surface area (Å²) < 4.78 is 14.8. The first kappa shape index (κ1) is 23.8. The molecule has 0 aromatic heterocycles. The van der Waals surface area contributed by atoms with Crippen molar-refractivity contribution in [1.29, 1.82) is 0 Å². The van der Waals surface area contributed by atoms with Crippen LogP contribution in [0, 0.1) is 29.5 Å². The predicted molar refractivity (Wildman–Crippen MR) is 136 cm³/mol. The molecule has 2 aliphatic carbocycles. The number of halogens is 2. The van der Waals surface area contributed by atoms with Gasteiger partial charge in [0.25, 0.3) is 0 Å². The molecule has 32 heavy (non-hydrogen) atoms. The van der Waals surface area contributed by atoms with E-state index in [1.807, 2.05) is 30.3 Å². The van der Waals surface area contributed by atoms with E-state index in [-0.39, 0.29) is 5.82 Å². The van der Waals surface area contributed by atoms with Gasteiger partial charge in [-0.15, -0.1) is 11.6 Å². The van der Waals surface area contributed by atoms with Crippen LogP contribution in [0.3, 0.4) is 0 Å². The summed E-state index contributed by atoms with van der Waals surface area (Å²) in [5.74, 6) is 4.21. The second-order valence-electron chi connectivity index (χ2n) is 10.5. The molecule has 0 spiro atoms. The van der Waals surface area contributed by atoms with Crippen molar-refractivity contribution < 1.29 is 4.39 Å². The Morgan fingerprint density at radius 1 is 0.750 bits per heavy atom. The smallest absolute Gasteiger partial charge is 0.131 e. The molecule has 2 aromatic carbocycles. The quantitative estimate of drug-likeness (QED) is 0.348. The van der Waals surface area contributed by atoms with Gasteiger partial charge >= 0.3 is 0 Å². The Morgan fingerprint density at radius 3 is 1.84 bits per heavy atom. The summed E-state index contributed by atoms with van der Waals surface area (Å²) in [5, 5.41) is 0. The lowest BCUT2D eigenvalue weighted by molar-refractivity contribution is 0.141. The third kappa shape index (κ3) is 6.16. The molecule has 174 valence electrons. The van der Waals surface area contributed by atoms with Crippen LogP contribution in [0.5, 0.6) is 0 Å². The van der Waals surface area contributed by atoms with Gasteiger partial charge < -0.3 is 0 Å². The summed E-state index contributed by atoms with van der Waals surface area (Å²) >= 11 is 5.87. The van der Waals surface area contributed by atoms with Crippen LogP contribution in [-0.2, 0) is 12.3 Å². The topological polar surface area (TPSA) is 0 Å². The van der Waals surface area contributed by atoms with Gasteiger partial charge in [-0.25, -0.2) is 4.39 Å². The van der Waals surface area contributed by atoms with Gasteiger partial charge in [0.2, 0.25) is 0 Å². The average Bonchev–Trinajstić information content (AvgIpc) is 2.84. The maximum absolute atomic E-state index is 14.8. The zero-order valence-electron chi connectivity index (χ0n) is 19.8. The normalized spacial score (nSPS) is 26.2. The molecule has 0 N–H and O–H groups in total. The molecule has 2 aromatic rings. The maximum Gasteiger partial charge on any atom is 0.131 e. The molecule has 0 radical (unpaired) electrons. The first-order chi connectivity index (χ1) is 15.7. The molecular formula is C30H40ClF. The average molecular weight is 455 g/mol. The highest BCUT2D eigenvalue weighted by atomic mass is 35.5. The van der Waals surface area contributed by atoms with Crippen LogP contribution in [-0.4, -0.2) is 0 Å². The number of aryl methyl sites for hydroxylation is 1. The molecule has 0 aliphatic heterocycles. The van der Waals surface area contributed by atoms with Crippen LogP contribution >= 0.6 is 11.6 Å². The highest BCUT2D eigenvalue weighted by molar-refractivity contribution is 6.17. The number of rotatable bonds is 8. The Labute approximate surface area is 200 Å². The molecule has 0 bridgehead atoms. The Hall–Kier alpha value is -1.34. The second kappa shape index (κ2) is 11.7. The molecule has 2 saturated carbocycles. The maximum atomic E-state index is 14.8. The van der Waals surface area contributed by atoms with E-state index >= 15 is 0 Å². The molecule has 0 unspecified atom stereocenters. The van der Waals surface area contributed by atoms with Crippen molar-refractivity contribution in [3.05, 3.63) is 59.4 Å². The van der Waals surface area contributed by atoms with Gasteiger partial charge in [0.1, 0.15) is 5.82 Å². The van der Waals surface area contributed by atoms with Gasteiger partial charge in [-0.3, -0.25) is 0 Å². The Kier molecular flexibility index (Phi) is 8.69. The van der Waals surface area contributed by atoms with E-state index in [0.717, 1.165) is 46.8 Å². The number of benzene rings is 2. The number of hydrogen-bond donors (Lipinski definition) is 0. The van der Waals surface area contributed by atoms with Crippen molar-refractivity contribution in [2.24, 2.45) is 23.7 Å². The molecule has 0 atom stereocenters. The molecule has 2 aliphatic rings. The first-order valence-corrected chi connectivity index (χ1v) is 13.6. The van der Waals surface area contributed by atoms with Crippen LogP contribution in [0.2, 0.25) is 0 Å². The molecular weight excluding hydrogens is 415 g/mol. The summed E-state index contributed by atoms with van der Waals surface area (Å²) in [6.07, 6.45) is 16.6. The summed E-state index contributed by atoms with van der Waals surface area (Å²) in [4.78, 5) is 0. The van der Waals surface area contributed by atoms with Crippen molar-refractivity contribution in [2.45, 2.75) is 89.9 Å². The van der Waals surface area contributed by atoms with E-state index in [1.165, 1.54) is 70.6 Å². The second-order valence-corrected chi connectivity index (χ2v) is 10.8. The summed E-state index contributed by atoms with van der Waals surface area (Å²) in [6.45, 7) is 2.33. The van der Waals surface area contributed by atoms with Crippen molar-refractivity contribution in [3.63, 3.8) is 0 Å². The van der Waals surface area contributed by atoms with Crippen molar-refractivity contribution in [1.82, 2.24) is 0 Å². The Morgan fingerprint density at radius 2 is 1.31 bits per heavy atom. The predicted octanol–water partition coefficient (Wildman–Crippen LogP) is 9.58. The lowest BCUT2D eigenvalue weighted by Gasteiger charge is -2.38. The Balaban J connectivity index is 1.23. The van der Waals surface area contributed by atoms with Crippen molar-refractivity contribution in [2.75, 3.05) is 0 Å². The number of alkyl halides is 1. The fraction of sp³-hybridized carbons (Fsp3) is 0.600. The molecule has 0 saturated heterocycles. The third-order valence-electron chi connectivity index (χ3n) is 8.44. The lowest BCUT2D eigenvalue weighted by atomic mass is 9.68. The van der Waals surface area contributed by atoms with Crippen molar-refractivity contribution >= 4 is 11.6 Å². The van der Waals surface area contributed by atoms with E-state index in [0.29, 0.717) is 11.4 Å². The third-order valence-corrected chi connectivity index (χ3v) is 8.75. The molecule has 0 nitrogen and oxygen atoms in total. The molecule has 2 heteroatoms. The molecule has 4 rings (SSSR count). The van der Waals surface area contributed by atoms with E-state index in [2.05, 4.69) is 13.0 Å². The van der Waals surface area contributed by atoms with Gasteiger partial charge in [-0.1, -0.05) is 81.8 Å².